The van der Waals surface area contributed by atoms with E-state index in [1.807, 2.05) is 26.0 Å². The summed E-state index contributed by atoms with van der Waals surface area (Å²) in [6, 6.07) is 8.03. The van der Waals surface area contributed by atoms with Gasteiger partial charge >= 0.3 is 0 Å². The predicted octanol–water partition coefficient (Wildman–Crippen LogP) is 1.82. The van der Waals surface area contributed by atoms with E-state index in [9.17, 15) is 9.90 Å². The van der Waals surface area contributed by atoms with Gasteiger partial charge in [0, 0.05) is 38.4 Å². The van der Waals surface area contributed by atoms with E-state index >= 15 is 0 Å². The standard InChI is InChI=1S/C19H31N3O2/c1-15(2)18(23)14-19(24)20-17-6-4-16(5-7-17)8-9-22-12-10-21(3)11-13-22/h4-7,15,18,23H,8-14H2,1-3H3,(H,20,24). The molecule has 0 aromatic heterocycles. The van der Waals surface area contributed by atoms with E-state index in [2.05, 4.69) is 34.3 Å². The number of hydrogen-bond donors (Lipinski definition) is 2. The average molecular weight is 333 g/mol. The smallest absolute Gasteiger partial charge is 0.226 e. The van der Waals surface area contributed by atoms with Gasteiger partial charge in [0.25, 0.3) is 0 Å². The monoisotopic (exact) mass is 333 g/mol. The Kier molecular flexibility index (Phi) is 7.21. The van der Waals surface area contributed by atoms with Gasteiger partial charge in [-0.25, -0.2) is 0 Å². The highest BCUT2D eigenvalue weighted by atomic mass is 16.3. The maximum Gasteiger partial charge on any atom is 0.226 e. The molecule has 1 saturated heterocycles. The largest absolute Gasteiger partial charge is 0.392 e. The molecule has 1 amide bonds. The van der Waals surface area contributed by atoms with Gasteiger partial charge in [0.15, 0.2) is 0 Å². The van der Waals surface area contributed by atoms with Crippen LogP contribution in [0.25, 0.3) is 0 Å². The van der Waals surface area contributed by atoms with Crippen molar-refractivity contribution in [3.8, 4) is 0 Å². The number of hydrogen-bond acceptors (Lipinski definition) is 4. The number of nitrogens with one attached hydrogen (secondary N) is 1. The molecule has 1 unspecified atom stereocenters. The van der Waals surface area contributed by atoms with Crippen LogP contribution in [-0.2, 0) is 11.2 Å². The first-order valence-corrected chi connectivity index (χ1v) is 8.92. The number of aliphatic hydroxyl groups is 1. The summed E-state index contributed by atoms with van der Waals surface area (Å²) in [4.78, 5) is 16.8. The molecule has 0 spiro atoms. The zero-order chi connectivity index (χ0) is 17.5. The molecule has 1 aromatic rings. The Morgan fingerprint density at radius 1 is 1.17 bits per heavy atom. The fourth-order valence-corrected chi connectivity index (χ4v) is 2.75. The van der Waals surface area contributed by atoms with Crippen LogP contribution < -0.4 is 5.32 Å². The van der Waals surface area contributed by atoms with Crippen molar-refractivity contribution in [3.05, 3.63) is 29.8 Å². The number of rotatable bonds is 7. The van der Waals surface area contributed by atoms with Crippen molar-refractivity contribution < 1.29 is 9.90 Å². The molecule has 5 nitrogen and oxygen atoms in total. The van der Waals surface area contributed by atoms with E-state index in [0.29, 0.717) is 0 Å². The van der Waals surface area contributed by atoms with Crippen molar-refractivity contribution >= 4 is 11.6 Å². The van der Waals surface area contributed by atoms with Crippen molar-refractivity contribution in [3.63, 3.8) is 0 Å². The summed E-state index contributed by atoms with van der Waals surface area (Å²) in [6.45, 7) is 9.48. The van der Waals surface area contributed by atoms with Crippen molar-refractivity contribution in [2.75, 3.05) is 45.1 Å². The molecule has 1 aliphatic heterocycles. The summed E-state index contributed by atoms with van der Waals surface area (Å²) in [5, 5.41) is 12.6. The lowest BCUT2D eigenvalue weighted by molar-refractivity contribution is -0.118. The number of benzene rings is 1. The van der Waals surface area contributed by atoms with E-state index in [4.69, 9.17) is 0 Å². The zero-order valence-corrected chi connectivity index (χ0v) is 15.2. The molecule has 1 atom stereocenters. The third kappa shape index (κ3) is 6.23. The molecule has 1 heterocycles. The van der Waals surface area contributed by atoms with E-state index in [1.54, 1.807) is 0 Å². The molecule has 0 aliphatic carbocycles. The van der Waals surface area contributed by atoms with E-state index in [0.717, 1.165) is 44.8 Å². The zero-order valence-electron chi connectivity index (χ0n) is 15.2. The Morgan fingerprint density at radius 2 is 1.79 bits per heavy atom. The number of carbonyl (C=O) groups excluding carboxylic acids is 1. The van der Waals surface area contributed by atoms with Crippen LogP contribution in [0.1, 0.15) is 25.8 Å². The maximum atomic E-state index is 11.9. The Morgan fingerprint density at radius 3 is 2.38 bits per heavy atom. The second kappa shape index (κ2) is 9.16. The minimum Gasteiger partial charge on any atom is -0.392 e. The normalized spacial score (nSPS) is 17.9. The van der Waals surface area contributed by atoms with Gasteiger partial charge in [-0.15, -0.1) is 0 Å². The fraction of sp³-hybridized carbons (Fsp3) is 0.632. The summed E-state index contributed by atoms with van der Waals surface area (Å²) >= 11 is 0. The van der Waals surface area contributed by atoms with Crippen LogP contribution in [-0.4, -0.2) is 66.7 Å². The van der Waals surface area contributed by atoms with Crippen LogP contribution >= 0.6 is 0 Å². The molecule has 2 rings (SSSR count). The van der Waals surface area contributed by atoms with Crippen LogP contribution in [0.15, 0.2) is 24.3 Å². The van der Waals surface area contributed by atoms with Crippen LogP contribution in [0, 0.1) is 5.92 Å². The molecular weight excluding hydrogens is 302 g/mol. The lowest BCUT2D eigenvalue weighted by Gasteiger charge is -2.32. The highest BCUT2D eigenvalue weighted by molar-refractivity contribution is 5.91. The van der Waals surface area contributed by atoms with Crippen molar-refractivity contribution in [1.29, 1.82) is 0 Å². The second-order valence-corrected chi connectivity index (χ2v) is 7.16. The highest BCUT2D eigenvalue weighted by Crippen LogP contribution is 2.13. The van der Waals surface area contributed by atoms with Crippen molar-refractivity contribution in [2.45, 2.75) is 32.8 Å². The first-order chi connectivity index (χ1) is 11.4. The molecule has 0 radical (unpaired) electrons. The Balaban J connectivity index is 1.75. The number of aliphatic hydroxyl groups excluding tert-OH is 1. The van der Waals surface area contributed by atoms with E-state index < -0.39 is 6.10 Å². The third-order valence-electron chi connectivity index (χ3n) is 4.71. The third-order valence-corrected chi connectivity index (χ3v) is 4.71. The van der Waals surface area contributed by atoms with Crippen molar-refractivity contribution in [1.82, 2.24) is 9.80 Å². The molecule has 1 aromatic carbocycles. The van der Waals surface area contributed by atoms with Gasteiger partial charge in [-0.2, -0.15) is 0 Å². The van der Waals surface area contributed by atoms with Gasteiger partial charge in [0.2, 0.25) is 5.91 Å². The minimum absolute atomic E-state index is 0.0905. The maximum absolute atomic E-state index is 11.9. The van der Waals surface area contributed by atoms with Crippen LogP contribution in [0.3, 0.4) is 0 Å². The summed E-state index contributed by atoms with van der Waals surface area (Å²) in [6.07, 6.45) is 0.583. The van der Waals surface area contributed by atoms with E-state index in [1.165, 1.54) is 5.56 Å². The number of piperazine rings is 1. The lowest BCUT2D eigenvalue weighted by Crippen LogP contribution is -2.45. The predicted molar refractivity (Wildman–Crippen MR) is 98.2 cm³/mol. The SMILES string of the molecule is CC(C)C(O)CC(=O)Nc1ccc(CCN2CCN(C)CC2)cc1. The number of carbonyl (C=O) groups is 1. The van der Waals surface area contributed by atoms with Crippen molar-refractivity contribution in [2.24, 2.45) is 5.92 Å². The highest BCUT2D eigenvalue weighted by Gasteiger charge is 2.15. The summed E-state index contributed by atoms with van der Waals surface area (Å²) in [5.41, 5.74) is 2.08. The average Bonchev–Trinajstić information content (AvgIpc) is 2.55. The molecule has 5 heteroatoms. The first kappa shape index (κ1) is 18.9. The fourth-order valence-electron chi connectivity index (χ4n) is 2.75. The Labute approximate surface area is 145 Å². The van der Waals surface area contributed by atoms with Gasteiger partial charge in [-0.1, -0.05) is 26.0 Å². The molecule has 0 bridgehead atoms. The van der Waals surface area contributed by atoms with Crippen LogP contribution in [0.5, 0.6) is 0 Å². The Hall–Kier alpha value is -1.43. The first-order valence-electron chi connectivity index (χ1n) is 8.92. The second-order valence-electron chi connectivity index (χ2n) is 7.16. The molecule has 2 N–H and O–H groups in total. The topological polar surface area (TPSA) is 55.8 Å². The van der Waals surface area contributed by atoms with Gasteiger partial charge < -0.3 is 20.2 Å². The molecular formula is C19H31N3O2. The summed E-state index contributed by atoms with van der Waals surface area (Å²) < 4.78 is 0. The van der Waals surface area contributed by atoms with Gasteiger partial charge in [-0.3, -0.25) is 4.79 Å². The molecule has 1 fully saturated rings. The van der Waals surface area contributed by atoms with Crippen LogP contribution in [0.4, 0.5) is 5.69 Å². The Bertz CT molecular complexity index is 508. The van der Waals surface area contributed by atoms with E-state index in [-0.39, 0.29) is 18.2 Å². The molecule has 0 saturated carbocycles. The molecule has 134 valence electrons. The summed E-state index contributed by atoms with van der Waals surface area (Å²) in [7, 11) is 2.17. The van der Waals surface area contributed by atoms with Gasteiger partial charge in [0.05, 0.1) is 12.5 Å². The molecule has 24 heavy (non-hydrogen) atoms. The van der Waals surface area contributed by atoms with Crippen LogP contribution in [0.2, 0.25) is 0 Å². The number of nitrogens with zero attached hydrogens (tertiary/aromatic N) is 2. The lowest BCUT2D eigenvalue weighted by atomic mass is 10.0. The number of amides is 1. The quantitative estimate of drug-likeness (QED) is 0.799. The number of anilines is 1. The summed E-state index contributed by atoms with van der Waals surface area (Å²) in [5.74, 6) is -0.0471. The van der Waals surface area contributed by atoms with Gasteiger partial charge in [0.1, 0.15) is 0 Å². The van der Waals surface area contributed by atoms with Gasteiger partial charge in [-0.05, 0) is 37.1 Å². The molecule has 1 aliphatic rings. The minimum atomic E-state index is -0.590. The number of likely N-dealkylation sites (N-methyl/N-ethyl adjacent to an activating group) is 1.